The van der Waals surface area contributed by atoms with E-state index in [0.717, 1.165) is 24.8 Å². The molecule has 2 aromatic carbocycles. The molecular weight excluding hydrogens is 483 g/mol. The van der Waals surface area contributed by atoms with Gasteiger partial charge in [0, 0.05) is 32.2 Å². The number of hydrogen-bond donors (Lipinski definition) is 2. The minimum Gasteiger partial charge on any atom is -0.368 e. The second-order valence-corrected chi connectivity index (χ2v) is 11.5. The molecule has 1 saturated carbocycles. The van der Waals surface area contributed by atoms with Gasteiger partial charge in [-0.25, -0.2) is 12.8 Å². The number of carbonyl (C=O) groups excluding carboxylic acids is 2. The van der Waals surface area contributed by atoms with Gasteiger partial charge in [0.15, 0.2) is 0 Å². The smallest absolute Gasteiger partial charge is 0.244 e. The van der Waals surface area contributed by atoms with Gasteiger partial charge in [-0.2, -0.15) is 4.31 Å². The van der Waals surface area contributed by atoms with Crippen LogP contribution in [0.1, 0.15) is 42.9 Å². The normalized spacial score (nSPS) is 22.6. The molecule has 2 fully saturated rings. The molecule has 194 valence electrons. The Morgan fingerprint density at radius 1 is 0.972 bits per heavy atom. The Balaban J connectivity index is 1.42. The maximum atomic E-state index is 13.3. The van der Waals surface area contributed by atoms with E-state index in [1.165, 1.54) is 28.6 Å². The Morgan fingerprint density at radius 2 is 1.58 bits per heavy atom. The lowest BCUT2D eigenvalue weighted by Crippen LogP contribution is -2.56. The maximum Gasteiger partial charge on any atom is 0.244 e. The summed E-state index contributed by atoms with van der Waals surface area (Å²) in [5.41, 5.74) is 6.98. The predicted octanol–water partition coefficient (Wildman–Crippen LogP) is 2.34. The van der Waals surface area contributed by atoms with Crippen molar-refractivity contribution in [3.05, 3.63) is 65.5 Å². The number of sulfonamides is 1. The zero-order valence-electron chi connectivity index (χ0n) is 20.4. The topological polar surface area (TPSA) is 113 Å². The van der Waals surface area contributed by atoms with Crippen LogP contribution in [-0.4, -0.2) is 61.7 Å². The maximum absolute atomic E-state index is 13.3. The van der Waals surface area contributed by atoms with E-state index < -0.39 is 27.8 Å². The first-order valence-corrected chi connectivity index (χ1v) is 13.8. The summed E-state index contributed by atoms with van der Waals surface area (Å²) in [6.45, 7) is 3.66. The van der Waals surface area contributed by atoms with Crippen molar-refractivity contribution in [2.24, 2.45) is 11.7 Å². The van der Waals surface area contributed by atoms with E-state index in [9.17, 15) is 22.4 Å². The Kier molecular flexibility index (Phi) is 8.07. The number of halogens is 1. The molecule has 1 aliphatic carbocycles. The van der Waals surface area contributed by atoms with Crippen LogP contribution < -0.4 is 11.1 Å². The minimum absolute atomic E-state index is 0.0512. The average molecular weight is 517 g/mol. The number of primary amides is 1. The second kappa shape index (κ2) is 11.1. The van der Waals surface area contributed by atoms with Crippen molar-refractivity contribution in [3.8, 4) is 0 Å². The summed E-state index contributed by atoms with van der Waals surface area (Å²) >= 11 is 0. The van der Waals surface area contributed by atoms with Crippen LogP contribution in [0.4, 0.5) is 4.39 Å². The number of rotatable bonds is 7. The van der Waals surface area contributed by atoms with E-state index in [-0.39, 0.29) is 22.8 Å². The van der Waals surface area contributed by atoms with Gasteiger partial charge in [-0.1, -0.05) is 42.7 Å². The molecule has 0 bridgehead atoms. The third-order valence-electron chi connectivity index (χ3n) is 7.24. The Labute approximate surface area is 211 Å². The number of amides is 2. The number of carbonyl (C=O) groups is 2. The highest BCUT2D eigenvalue weighted by molar-refractivity contribution is 7.89. The fourth-order valence-electron chi connectivity index (χ4n) is 5.21. The van der Waals surface area contributed by atoms with Crippen LogP contribution in [0.15, 0.2) is 53.4 Å². The molecule has 3 N–H and O–H groups in total. The van der Waals surface area contributed by atoms with E-state index in [0.29, 0.717) is 38.2 Å². The van der Waals surface area contributed by atoms with Gasteiger partial charge in [-0.05, 0) is 49.6 Å². The fraction of sp³-hybridized carbons (Fsp3) is 0.462. The van der Waals surface area contributed by atoms with Crippen molar-refractivity contribution in [1.29, 1.82) is 0 Å². The van der Waals surface area contributed by atoms with Crippen molar-refractivity contribution < 1.29 is 22.4 Å². The summed E-state index contributed by atoms with van der Waals surface area (Å²) in [6, 6.07) is 11.1. The number of hydrogen-bond acceptors (Lipinski definition) is 5. The largest absolute Gasteiger partial charge is 0.368 e. The van der Waals surface area contributed by atoms with Crippen molar-refractivity contribution in [1.82, 2.24) is 14.5 Å². The van der Waals surface area contributed by atoms with Gasteiger partial charge in [0.2, 0.25) is 21.8 Å². The summed E-state index contributed by atoms with van der Waals surface area (Å²) in [4.78, 5) is 27.9. The second-order valence-electron chi connectivity index (χ2n) is 9.61. The fourth-order valence-corrected chi connectivity index (χ4v) is 6.63. The van der Waals surface area contributed by atoms with Gasteiger partial charge in [-0.15, -0.1) is 0 Å². The molecule has 2 aliphatic rings. The van der Waals surface area contributed by atoms with Crippen molar-refractivity contribution in [2.45, 2.75) is 49.6 Å². The van der Waals surface area contributed by atoms with Crippen LogP contribution >= 0.6 is 0 Å². The minimum atomic E-state index is -3.57. The average Bonchev–Trinajstić information content (AvgIpc) is 2.88. The van der Waals surface area contributed by atoms with Crippen LogP contribution in [-0.2, 0) is 19.6 Å². The SMILES string of the molecule is Cc1ccc(S(=O)(=O)N2CCN(C3CCCCC3C(=O)N[C@H](C(N)=O)c3ccc(F)cc3)CC2)cc1. The standard InChI is InChI=1S/C26H33FN4O4S/c1-18-6-12-21(13-7-18)36(34,35)31-16-14-30(15-17-31)23-5-3-2-4-22(23)26(33)29-24(25(28)32)19-8-10-20(27)11-9-19/h6-13,22-24H,2-5,14-17H2,1H3,(H2,28,32)(H,29,33)/t22?,23?,24-/m0/s1. The van der Waals surface area contributed by atoms with Gasteiger partial charge in [0.05, 0.1) is 10.8 Å². The first-order chi connectivity index (χ1) is 17.2. The summed E-state index contributed by atoms with van der Waals surface area (Å²) in [5.74, 6) is -1.76. The molecule has 4 rings (SSSR count). The summed E-state index contributed by atoms with van der Waals surface area (Å²) in [7, 11) is -3.57. The number of nitrogens with zero attached hydrogens (tertiary/aromatic N) is 2. The molecule has 0 radical (unpaired) electrons. The van der Waals surface area contributed by atoms with Crippen molar-refractivity contribution in [3.63, 3.8) is 0 Å². The Hall–Kier alpha value is -2.82. The van der Waals surface area contributed by atoms with Gasteiger partial charge in [0.25, 0.3) is 0 Å². The molecule has 8 nitrogen and oxygen atoms in total. The first-order valence-electron chi connectivity index (χ1n) is 12.3. The van der Waals surface area contributed by atoms with Gasteiger partial charge in [0.1, 0.15) is 11.9 Å². The van der Waals surface area contributed by atoms with E-state index in [1.807, 2.05) is 6.92 Å². The van der Waals surface area contributed by atoms with Crippen LogP contribution in [0.3, 0.4) is 0 Å². The summed E-state index contributed by atoms with van der Waals surface area (Å²) in [6.07, 6.45) is 3.37. The summed E-state index contributed by atoms with van der Waals surface area (Å²) in [5, 5.41) is 2.78. The third kappa shape index (κ3) is 5.77. The predicted molar refractivity (Wildman–Crippen MR) is 134 cm³/mol. The van der Waals surface area contributed by atoms with Gasteiger partial charge in [-0.3, -0.25) is 14.5 Å². The van der Waals surface area contributed by atoms with Crippen LogP contribution in [0.5, 0.6) is 0 Å². The summed E-state index contributed by atoms with van der Waals surface area (Å²) < 4.78 is 41.0. The lowest BCUT2D eigenvalue weighted by atomic mass is 9.82. The lowest BCUT2D eigenvalue weighted by Gasteiger charge is -2.43. The molecule has 1 saturated heterocycles. The van der Waals surface area contributed by atoms with E-state index in [4.69, 9.17) is 5.73 Å². The third-order valence-corrected chi connectivity index (χ3v) is 9.15. The van der Waals surface area contributed by atoms with Crippen molar-refractivity contribution in [2.75, 3.05) is 26.2 Å². The number of nitrogens with one attached hydrogen (secondary N) is 1. The zero-order chi connectivity index (χ0) is 25.9. The molecule has 1 heterocycles. The molecule has 36 heavy (non-hydrogen) atoms. The quantitative estimate of drug-likeness (QED) is 0.587. The highest BCUT2D eigenvalue weighted by atomic mass is 32.2. The molecule has 2 unspecified atom stereocenters. The number of aryl methyl sites for hydroxylation is 1. The molecule has 2 amide bonds. The van der Waals surface area contributed by atoms with Crippen LogP contribution in [0, 0.1) is 18.7 Å². The number of nitrogens with two attached hydrogens (primary N) is 1. The first kappa shape index (κ1) is 26.2. The van der Waals surface area contributed by atoms with E-state index >= 15 is 0 Å². The Morgan fingerprint density at radius 3 is 2.19 bits per heavy atom. The molecule has 2 aromatic rings. The van der Waals surface area contributed by atoms with E-state index in [1.54, 1.807) is 24.3 Å². The number of benzene rings is 2. The highest BCUT2D eigenvalue weighted by Crippen LogP contribution is 2.31. The highest BCUT2D eigenvalue weighted by Gasteiger charge is 2.39. The molecular formula is C26H33FN4O4S. The molecule has 10 heteroatoms. The van der Waals surface area contributed by atoms with Crippen LogP contribution in [0.25, 0.3) is 0 Å². The monoisotopic (exact) mass is 516 g/mol. The van der Waals surface area contributed by atoms with Gasteiger partial charge < -0.3 is 11.1 Å². The molecule has 0 spiro atoms. The van der Waals surface area contributed by atoms with Gasteiger partial charge >= 0.3 is 0 Å². The lowest BCUT2D eigenvalue weighted by molar-refractivity contribution is -0.133. The molecule has 1 aliphatic heterocycles. The molecule has 0 aromatic heterocycles. The Bertz CT molecular complexity index is 1180. The zero-order valence-corrected chi connectivity index (χ0v) is 21.2. The van der Waals surface area contributed by atoms with Crippen LogP contribution in [0.2, 0.25) is 0 Å². The van der Waals surface area contributed by atoms with Crippen molar-refractivity contribution >= 4 is 21.8 Å². The van der Waals surface area contributed by atoms with E-state index in [2.05, 4.69) is 10.2 Å². The number of piperazine rings is 1. The molecule has 3 atom stereocenters.